The molecule has 0 bridgehead atoms. The van der Waals surface area contributed by atoms with Crippen LogP contribution in [0, 0.1) is 5.41 Å². The van der Waals surface area contributed by atoms with E-state index in [1.807, 2.05) is 27.8 Å². The van der Waals surface area contributed by atoms with E-state index in [1.165, 1.54) is 24.9 Å². The fourth-order valence-corrected chi connectivity index (χ4v) is 3.22. The molecule has 1 aromatic rings. The lowest BCUT2D eigenvalue weighted by molar-refractivity contribution is -0.131. The highest BCUT2D eigenvalue weighted by atomic mass is 16.2. The van der Waals surface area contributed by atoms with Crippen LogP contribution in [0.3, 0.4) is 0 Å². The number of amides is 2. The molecule has 5 heteroatoms. The van der Waals surface area contributed by atoms with E-state index in [9.17, 15) is 9.59 Å². The highest BCUT2D eigenvalue weighted by Crippen LogP contribution is 2.20. The fraction of sp³-hybridized carbons (Fsp3) is 0.636. The molecule has 2 amide bonds. The molecule has 1 heterocycles. The van der Waals surface area contributed by atoms with Gasteiger partial charge in [0.1, 0.15) is 0 Å². The van der Waals surface area contributed by atoms with E-state index in [0.717, 1.165) is 18.7 Å². The molecule has 1 aliphatic heterocycles. The van der Waals surface area contributed by atoms with Crippen LogP contribution in [-0.2, 0) is 16.1 Å². The standard InChI is InChI=1S/C22H35N3O2/c1-22(2,3)21(27)23-14-8-9-20(26)24(4)17-18-10-12-19(13-11-18)25-15-6-5-7-16-25/h10-13H,5-9,14-17H2,1-4H3,(H,23,27). The summed E-state index contributed by atoms with van der Waals surface area (Å²) in [5, 5.41) is 2.89. The minimum atomic E-state index is -0.388. The molecule has 0 unspecified atom stereocenters. The summed E-state index contributed by atoms with van der Waals surface area (Å²) in [6.07, 6.45) is 5.00. The van der Waals surface area contributed by atoms with Gasteiger partial charge in [0.2, 0.25) is 11.8 Å². The third kappa shape index (κ3) is 6.89. The SMILES string of the molecule is CN(Cc1ccc(N2CCCCC2)cc1)C(=O)CCCNC(=O)C(C)(C)C. The summed E-state index contributed by atoms with van der Waals surface area (Å²) >= 11 is 0. The van der Waals surface area contributed by atoms with E-state index in [0.29, 0.717) is 25.9 Å². The maximum atomic E-state index is 12.3. The van der Waals surface area contributed by atoms with Crippen LogP contribution in [0.5, 0.6) is 0 Å². The quantitative estimate of drug-likeness (QED) is 0.743. The summed E-state index contributed by atoms with van der Waals surface area (Å²) in [5.41, 5.74) is 2.04. The lowest BCUT2D eigenvalue weighted by Crippen LogP contribution is -2.35. The summed E-state index contributed by atoms with van der Waals surface area (Å²) < 4.78 is 0. The van der Waals surface area contributed by atoms with E-state index in [1.54, 1.807) is 4.90 Å². The van der Waals surface area contributed by atoms with E-state index in [-0.39, 0.29) is 17.2 Å². The Balaban J connectivity index is 1.73. The van der Waals surface area contributed by atoms with Crippen molar-refractivity contribution in [1.82, 2.24) is 10.2 Å². The molecule has 0 spiro atoms. The Morgan fingerprint density at radius 1 is 1.07 bits per heavy atom. The number of carbonyl (C=O) groups is 2. The van der Waals surface area contributed by atoms with Crippen molar-refractivity contribution in [2.24, 2.45) is 5.41 Å². The van der Waals surface area contributed by atoms with Gasteiger partial charge in [-0.25, -0.2) is 0 Å². The first-order valence-corrected chi connectivity index (χ1v) is 10.1. The molecule has 0 aliphatic carbocycles. The lowest BCUT2D eigenvalue weighted by atomic mass is 9.96. The summed E-state index contributed by atoms with van der Waals surface area (Å²) in [7, 11) is 1.84. The molecule has 0 radical (unpaired) electrons. The second kappa shape index (κ2) is 9.77. The minimum absolute atomic E-state index is 0.0251. The van der Waals surface area contributed by atoms with Crippen LogP contribution < -0.4 is 10.2 Å². The van der Waals surface area contributed by atoms with Gasteiger partial charge < -0.3 is 15.1 Å². The number of hydrogen-bond donors (Lipinski definition) is 1. The van der Waals surface area contributed by atoms with Crippen LogP contribution in [-0.4, -0.2) is 43.4 Å². The third-order valence-electron chi connectivity index (χ3n) is 5.04. The number of hydrogen-bond acceptors (Lipinski definition) is 3. The Kier molecular flexibility index (Phi) is 7.69. The van der Waals surface area contributed by atoms with Gasteiger partial charge in [0.05, 0.1) is 0 Å². The number of nitrogens with zero attached hydrogens (tertiary/aromatic N) is 2. The lowest BCUT2D eigenvalue weighted by Gasteiger charge is -2.29. The van der Waals surface area contributed by atoms with Crippen molar-refractivity contribution in [3.05, 3.63) is 29.8 Å². The van der Waals surface area contributed by atoms with Crippen molar-refractivity contribution in [2.75, 3.05) is 31.6 Å². The average molecular weight is 374 g/mol. The van der Waals surface area contributed by atoms with Gasteiger partial charge in [0.25, 0.3) is 0 Å². The van der Waals surface area contributed by atoms with Crippen LogP contribution >= 0.6 is 0 Å². The Hall–Kier alpha value is -2.04. The van der Waals surface area contributed by atoms with Gasteiger partial charge in [-0.3, -0.25) is 9.59 Å². The second-order valence-corrected chi connectivity index (χ2v) is 8.57. The first kappa shape index (κ1) is 21.3. The van der Waals surface area contributed by atoms with Crippen molar-refractivity contribution < 1.29 is 9.59 Å². The molecule has 1 aliphatic rings. The highest BCUT2D eigenvalue weighted by Gasteiger charge is 2.20. The number of benzene rings is 1. The van der Waals surface area contributed by atoms with Crippen molar-refractivity contribution in [2.45, 2.75) is 59.4 Å². The van der Waals surface area contributed by atoms with E-state index in [4.69, 9.17) is 0 Å². The van der Waals surface area contributed by atoms with Gasteiger partial charge in [-0.1, -0.05) is 32.9 Å². The summed E-state index contributed by atoms with van der Waals surface area (Å²) in [5.74, 6) is 0.136. The van der Waals surface area contributed by atoms with Gasteiger partial charge >= 0.3 is 0 Å². The Bertz CT molecular complexity index is 613. The molecular weight excluding hydrogens is 338 g/mol. The summed E-state index contributed by atoms with van der Waals surface area (Å²) in [4.78, 5) is 28.3. The van der Waals surface area contributed by atoms with Crippen molar-refractivity contribution in [3.8, 4) is 0 Å². The van der Waals surface area contributed by atoms with Gasteiger partial charge in [0, 0.05) is 50.7 Å². The Morgan fingerprint density at radius 2 is 1.70 bits per heavy atom. The molecule has 27 heavy (non-hydrogen) atoms. The topological polar surface area (TPSA) is 52.6 Å². The van der Waals surface area contributed by atoms with Crippen molar-refractivity contribution in [3.63, 3.8) is 0 Å². The summed E-state index contributed by atoms with van der Waals surface area (Å²) in [6, 6.07) is 8.58. The molecule has 2 rings (SSSR count). The van der Waals surface area contributed by atoms with Gasteiger partial charge in [-0.2, -0.15) is 0 Å². The summed E-state index contributed by atoms with van der Waals surface area (Å²) in [6.45, 7) is 9.11. The number of piperidine rings is 1. The predicted molar refractivity (Wildman–Crippen MR) is 111 cm³/mol. The Labute approximate surface area is 164 Å². The number of rotatable bonds is 7. The molecule has 1 aromatic carbocycles. The van der Waals surface area contributed by atoms with Gasteiger partial charge in [0.15, 0.2) is 0 Å². The number of carbonyl (C=O) groups excluding carboxylic acids is 2. The normalized spacial score (nSPS) is 14.7. The first-order chi connectivity index (χ1) is 12.8. The zero-order chi connectivity index (χ0) is 19.9. The zero-order valence-corrected chi connectivity index (χ0v) is 17.4. The smallest absolute Gasteiger partial charge is 0.225 e. The zero-order valence-electron chi connectivity index (χ0n) is 17.4. The highest BCUT2D eigenvalue weighted by molar-refractivity contribution is 5.81. The monoisotopic (exact) mass is 373 g/mol. The van der Waals surface area contributed by atoms with E-state index >= 15 is 0 Å². The minimum Gasteiger partial charge on any atom is -0.372 e. The van der Waals surface area contributed by atoms with Gasteiger partial charge in [-0.15, -0.1) is 0 Å². The van der Waals surface area contributed by atoms with Crippen LogP contribution in [0.2, 0.25) is 0 Å². The second-order valence-electron chi connectivity index (χ2n) is 8.57. The van der Waals surface area contributed by atoms with Crippen LogP contribution in [0.1, 0.15) is 58.4 Å². The molecule has 1 fully saturated rings. The fourth-order valence-electron chi connectivity index (χ4n) is 3.22. The number of nitrogens with one attached hydrogen (secondary N) is 1. The molecule has 5 nitrogen and oxygen atoms in total. The maximum Gasteiger partial charge on any atom is 0.225 e. The van der Waals surface area contributed by atoms with Crippen LogP contribution in [0.15, 0.2) is 24.3 Å². The molecule has 0 atom stereocenters. The van der Waals surface area contributed by atoms with Crippen molar-refractivity contribution in [1.29, 1.82) is 0 Å². The van der Waals surface area contributed by atoms with E-state index in [2.05, 4.69) is 34.5 Å². The van der Waals surface area contributed by atoms with Crippen LogP contribution in [0.4, 0.5) is 5.69 Å². The Morgan fingerprint density at radius 3 is 2.30 bits per heavy atom. The molecular formula is C22H35N3O2. The maximum absolute atomic E-state index is 12.3. The van der Waals surface area contributed by atoms with Crippen molar-refractivity contribution >= 4 is 17.5 Å². The van der Waals surface area contributed by atoms with Gasteiger partial charge in [-0.05, 0) is 43.4 Å². The molecule has 1 N–H and O–H groups in total. The van der Waals surface area contributed by atoms with Crippen LogP contribution in [0.25, 0.3) is 0 Å². The predicted octanol–water partition coefficient (Wildman–Crippen LogP) is 3.58. The van der Waals surface area contributed by atoms with E-state index < -0.39 is 0 Å². The third-order valence-corrected chi connectivity index (χ3v) is 5.04. The number of anilines is 1. The molecule has 0 saturated carbocycles. The molecule has 0 aromatic heterocycles. The average Bonchev–Trinajstić information content (AvgIpc) is 2.65. The molecule has 150 valence electrons. The largest absolute Gasteiger partial charge is 0.372 e. The first-order valence-electron chi connectivity index (χ1n) is 10.1. The molecule has 1 saturated heterocycles.